The van der Waals surface area contributed by atoms with Crippen LogP contribution in [0.4, 0.5) is 0 Å². The Morgan fingerprint density at radius 1 is 1.25 bits per heavy atom. The van der Waals surface area contributed by atoms with E-state index in [1.54, 1.807) is 25.1 Å². The number of carbonyl (C=O) groups is 1. The van der Waals surface area contributed by atoms with Gasteiger partial charge in [-0.3, -0.25) is 0 Å². The number of aromatic amines is 1. The van der Waals surface area contributed by atoms with E-state index in [0.29, 0.717) is 15.7 Å². The van der Waals surface area contributed by atoms with Crippen LogP contribution in [-0.4, -0.2) is 29.3 Å². The van der Waals surface area contributed by atoms with E-state index in [4.69, 9.17) is 33.0 Å². The molecule has 1 aromatic heterocycles. The Morgan fingerprint density at radius 2 is 1.90 bits per heavy atom. The molecule has 0 amide bonds. The van der Waals surface area contributed by atoms with Gasteiger partial charge in [-0.15, -0.1) is 0 Å². The fraction of sp³-hybridized carbons (Fsp3) is 0.214. The predicted molar refractivity (Wildman–Crippen MR) is 78.4 cm³/mol. The second-order valence-electron chi connectivity index (χ2n) is 4.26. The number of benzene rings is 1. The number of aliphatic hydroxyl groups excluding tert-OH is 1. The zero-order valence-electron chi connectivity index (χ0n) is 10.7. The van der Waals surface area contributed by atoms with Gasteiger partial charge in [0.05, 0.1) is 6.61 Å². The summed E-state index contributed by atoms with van der Waals surface area (Å²) in [4.78, 5) is 14.8. The average molecular weight is 314 g/mol. The number of hydrogen-bond acceptors (Lipinski definition) is 3. The Bertz CT molecular complexity index is 617. The van der Waals surface area contributed by atoms with Crippen LogP contribution in [0.3, 0.4) is 0 Å². The number of aryl methyl sites for hydroxylation is 1. The lowest BCUT2D eigenvalue weighted by Crippen LogP contribution is -2.10. The second kappa shape index (κ2) is 6.31. The van der Waals surface area contributed by atoms with E-state index >= 15 is 0 Å². The first-order valence-corrected chi connectivity index (χ1v) is 6.71. The summed E-state index contributed by atoms with van der Waals surface area (Å²) < 4.78 is 4.88. The largest absolute Gasteiger partial charge is 0.459 e. The van der Waals surface area contributed by atoms with Crippen LogP contribution in [0, 0.1) is 6.92 Å². The van der Waals surface area contributed by atoms with Crippen LogP contribution in [0.2, 0.25) is 10.0 Å². The normalized spacial score (nSPS) is 10.6. The number of carbonyl (C=O) groups excluding carboxylic acids is 1. The van der Waals surface area contributed by atoms with E-state index in [2.05, 4.69) is 4.98 Å². The van der Waals surface area contributed by atoms with Gasteiger partial charge in [0.25, 0.3) is 0 Å². The lowest BCUT2D eigenvalue weighted by molar-refractivity contribution is 0.0427. The average Bonchev–Trinajstić information content (AvgIpc) is 2.77. The lowest BCUT2D eigenvalue weighted by atomic mass is 10.1. The highest BCUT2D eigenvalue weighted by molar-refractivity contribution is 6.35. The molecule has 2 rings (SSSR count). The third kappa shape index (κ3) is 3.33. The lowest BCUT2D eigenvalue weighted by Gasteiger charge is -2.02. The summed E-state index contributed by atoms with van der Waals surface area (Å²) in [5.41, 5.74) is 2.61. The van der Waals surface area contributed by atoms with Crippen LogP contribution in [-0.2, 0) is 4.74 Å². The molecule has 0 spiro atoms. The summed E-state index contributed by atoms with van der Waals surface area (Å²) in [6.07, 6.45) is 0. The molecule has 0 radical (unpaired) electrons. The summed E-state index contributed by atoms with van der Waals surface area (Å²) in [6, 6.07) is 6.96. The predicted octanol–water partition coefficient (Wildman–Crippen LogP) is 3.45. The van der Waals surface area contributed by atoms with Crippen LogP contribution >= 0.6 is 23.2 Å². The van der Waals surface area contributed by atoms with Crippen molar-refractivity contribution in [2.24, 2.45) is 0 Å². The van der Waals surface area contributed by atoms with Gasteiger partial charge in [-0.1, -0.05) is 23.2 Å². The zero-order valence-corrected chi connectivity index (χ0v) is 12.3. The molecule has 0 aliphatic carbocycles. The number of ether oxygens (including phenoxy) is 1. The maximum absolute atomic E-state index is 11.8. The number of hydrogen-bond donors (Lipinski definition) is 2. The van der Waals surface area contributed by atoms with E-state index in [0.717, 1.165) is 16.8 Å². The molecule has 0 saturated heterocycles. The molecule has 0 bridgehead atoms. The van der Waals surface area contributed by atoms with Crippen LogP contribution < -0.4 is 0 Å². The molecule has 106 valence electrons. The molecule has 1 aromatic carbocycles. The van der Waals surface area contributed by atoms with Crippen LogP contribution in [0.5, 0.6) is 0 Å². The van der Waals surface area contributed by atoms with Crippen LogP contribution in [0.15, 0.2) is 24.3 Å². The van der Waals surface area contributed by atoms with Gasteiger partial charge in [0.1, 0.15) is 12.3 Å². The molecule has 0 aliphatic heterocycles. The fourth-order valence-electron chi connectivity index (χ4n) is 1.85. The third-order valence-corrected chi connectivity index (χ3v) is 3.15. The zero-order chi connectivity index (χ0) is 14.7. The standard InChI is InChI=1S/C14H13Cl2NO3/c1-8-4-12(9-5-10(15)7-11(16)6-9)17-13(8)14(19)20-3-2-18/h4-7,17-18H,2-3H2,1H3. The Labute approximate surface area is 126 Å². The van der Waals surface area contributed by atoms with Crippen molar-refractivity contribution in [1.29, 1.82) is 0 Å². The first-order valence-electron chi connectivity index (χ1n) is 5.95. The molecule has 20 heavy (non-hydrogen) atoms. The summed E-state index contributed by atoms with van der Waals surface area (Å²) >= 11 is 11.9. The molecule has 0 aliphatic rings. The summed E-state index contributed by atoms with van der Waals surface area (Å²) in [6.45, 7) is 1.56. The number of rotatable bonds is 4. The Hall–Kier alpha value is -1.49. The van der Waals surface area contributed by atoms with Crippen molar-refractivity contribution in [3.8, 4) is 11.3 Å². The summed E-state index contributed by atoms with van der Waals surface area (Å²) in [5.74, 6) is -0.504. The van der Waals surface area contributed by atoms with Crippen molar-refractivity contribution in [2.75, 3.05) is 13.2 Å². The minimum absolute atomic E-state index is 0.0321. The van der Waals surface area contributed by atoms with Crippen molar-refractivity contribution >= 4 is 29.2 Å². The van der Waals surface area contributed by atoms with E-state index in [-0.39, 0.29) is 13.2 Å². The van der Waals surface area contributed by atoms with Crippen molar-refractivity contribution < 1.29 is 14.6 Å². The van der Waals surface area contributed by atoms with E-state index in [9.17, 15) is 4.79 Å². The number of aromatic nitrogens is 1. The van der Waals surface area contributed by atoms with Crippen molar-refractivity contribution in [3.63, 3.8) is 0 Å². The number of H-pyrrole nitrogens is 1. The molecule has 0 fully saturated rings. The first-order chi connectivity index (χ1) is 9.51. The quantitative estimate of drug-likeness (QED) is 0.850. The van der Waals surface area contributed by atoms with Gasteiger partial charge in [0, 0.05) is 21.3 Å². The maximum Gasteiger partial charge on any atom is 0.355 e. The number of nitrogens with one attached hydrogen (secondary N) is 1. The molecule has 0 unspecified atom stereocenters. The van der Waals surface area contributed by atoms with Crippen molar-refractivity contribution in [1.82, 2.24) is 4.98 Å². The Kier molecular flexibility index (Phi) is 4.70. The Balaban J connectivity index is 2.33. The van der Waals surface area contributed by atoms with E-state index < -0.39 is 5.97 Å². The van der Waals surface area contributed by atoms with Crippen molar-refractivity contribution in [2.45, 2.75) is 6.92 Å². The molecule has 4 nitrogen and oxygen atoms in total. The Morgan fingerprint density at radius 3 is 2.50 bits per heavy atom. The molecular weight excluding hydrogens is 301 g/mol. The van der Waals surface area contributed by atoms with Gasteiger partial charge in [0.15, 0.2) is 0 Å². The second-order valence-corrected chi connectivity index (χ2v) is 5.13. The molecule has 6 heteroatoms. The topological polar surface area (TPSA) is 62.3 Å². The van der Waals surface area contributed by atoms with Gasteiger partial charge in [-0.05, 0) is 36.8 Å². The monoisotopic (exact) mass is 313 g/mol. The highest BCUT2D eigenvalue weighted by Gasteiger charge is 2.15. The van der Waals surface area contributed by atoms with E-state index in [1.165, 1.54) is 0 Å². The van der Waals surface area contributed by atoms with Crippen LogP contribution in [0.25, 0.3) is 11.3 Å². The van der Waals surface area contributed by atoms with E-state index in [1.807, 2.05) is 6.07 Å². The summed E-state index contributed by atoms with van der Waals surface area (Å²) in [7, 11) is 0. The molecule has 2 N–H and O–H groups in total. The summed E-state index contributed by atoms with van der Waals surface area (Å²) in [5, 5.41) is 9.69. The van der Waals surface area contributed by atoms with Gasteiger partial charge in [-0.25, -0.2) is 4.79 Å². The smallest absolute Gasteiger partial charge is 0.355 e. The van der Waals surface area contributed by atoms with Gasteiger partial charge < -0.3 is 14.8 Å². The number of esters is 1. The van der Waals surface area contributed by atoms with Crippen LogP contribution in [0.1, 0.15) is 16.1 Å². The number of halogens is 2. The third-order valence-electron chi connectivity index (χ3n) is 2.72. The molecular formula is C14H13Cl2NO3. The van der Waals surface area contributed by atoms with Gasteiger partial charge >= 0.3 is 5.97 Å². The minimum Gasteiger partial charge on any atom is -0.459 e. The fourth-order valence-corrected chi connectivity index (χ4v) is 2.37. The first kappa shape index (κ1) is 14.9. The van der Waals surface area contributed by atoms with Crippen molar-refractivity contribution in [3.05, 3.63) is 45.6 Å². The maximum atomic E-state index is 11.8. The SMILES string of the molecule is Cc1cc(-c2cc(Cl)cc(Cl)c2)[nH]c1C(=O)OCCO. The highest BCUT2D eigenvalue weighted by Crippen LogP contribution is 2.28. The van der Waals surface area contributed by atoms with Gasteiger partial charge in [-0.2, -0.15) is 0 Å². The minimum atomic E-state index is -0.504. The highest BCUT2D eigenvalue weighted by atomic mass is 35.5. The molecule has 1 heterocycles. The molecule has 2 aromatic rings. The number of aliphatic hydroxyl groups is 1. The van der Waals surface area contributed by atoms with Gasteiger partial charge in [0.2, 0.25) is 0 Å². The molecule has 0 atom stereocenters. The molecule has 0 saturated carbocycles.